The van der Waals surface area contributed by atoms with Gasteiger partial charge in [-0.25, -0.2) is 8.78 Å². The molecule has 0 bridgehead atoms. The van der Waals surface area contributed by atoms with E-state index in [-0.39, 0.29) is 18.0 Å². The minimum absolute atomic E-state index is 0.108. The van der Waals surface area contributed by atoms with E-state index in [9.17, 15) is 8.78 Å². The molecule has 20 heavy (non-hydrogen) atoms. The number of rotatable bonds is 5. The molecule has 1 aromatic carbocycles. The highest BCUT2D eigenvalue weighted by atomic mass is 19.1. The first-order chi connectivity index (χ1) is 9.52. The van der Waals surface area contributed by atoms with Crippen LogP contribution in [0.3, 0.4) is 0 Å². The third-order valence-corrected chi connectivity index (χ3v) is 3.38. The molecular formula is C16H19F2NO. The van der Waals surface area contributed by atoms with Crippen LogP contribution in [-0.4, -0.2) is 6.54 Å². The quantitative estimate of drug-likeness (QED) is 0.892. The molecule has 1 heterocycles. The molecule has 0 saturated carbocycles. The fourth-order valence-electron chi connectivity index (χ4n) is 2.47. The summed E-state index contributed by atoms with van der Waals surface area (Å²) < 4.78 is 33.1. The standard InChI is InChI=1S/C16H19F2NO/c1-4-19-16(12-8-10(2)20-11(12)3)9-13-14(17)6-5-7-15(13)18/h5-8,16,19H,4,9H2,1-3H3. The Bertz CT molecular complexity index is 572. The van der Waals surface area contributed by atoms with Crippen molar-refractivity contribution in [2.45, 2.75) is 33.2 Å². The Hall–Kier alpha value is -1.68. The third-order valence-electron chi connectivity index (χ3n) is 3.38. The lowest BCUT2D eigenvalue weighted by atomic mass is 9.98. The third kappa shape index (κ3) is 3.07. The van der Waals surface area contributed by atoms with Crippen LogP contribution < -0.4 is 5.32 Å². The van der Waals surface area contributed by atoms with E-state index in [1.165, 1.54) is 18.2 Å². The molecule has 0 aliphatic heterocycles. The van der Waals surface area contributed by atoms with Gasteiger partial charge in [-0.05, 0) is 45.0 Å². The molecule has 0 spiro atoms. The normalized spacial score (nSPS) is 12.7. The van der Waals surface area contributed by atoms with Gasteiger partial charge in [0.15, 0.2) is 0 Å². The Kier molecular flexibility index (Phi) is 4.55. The predicted molar refractivity (Wildman–Crippen MR) is 74.7 cm³/mol. The van der Waals surface area contributed by atoms with Crippen molar-refractivity contribution in [2.24, 2.45) is 0 Å². The van der Waals surface area contributed by atoms with Crippen LogP contribution in [-0.2, 0) is 6.42 Å². The highest BCUT2D eigenvalue weighted by Gasteiger charge is 2.20. The van der Waals surface area contributed by atoms with Gasteiger partial charge in [0.25, 0.3) is 0 Å². The number of hydrogen-bond acceptors (Lipinski definition) is 2. The van der Waals surface area contributed by atoms with Gasteiger partial charge in [-0.3, -0.25) is 0 Å². The highest BCUT2D eigenvalue weighted by molar-refractivity contribution is 5.28. The second-order valence-electron chi connectivity index (χ2n) is 4.88. The fourth-order valence-corrected chi connectivity index (χ4v) is 2.47. The summed E-state index contributed by atoms with van der Waals surface area (Å²) in [5.41, 5.74) is 1.06. The Balaban J connectivity index is 2.33. The molecule has 1 atom stereocenters. The zero-order valence-electron chi connectivity index (χ0n) is 12.0. The summed E-state index contributed by atoms with van der Waals surface area (Å²) in [4.78, 5) is 0. The van der Waals surface area contributed by atoms with Gasteiger partial charge in [0.1, 0.15) is 23.2 Å². The molecule has 0 radical (unpaired) electrons. The minimum atomic E-state index is -0.509. The summed E-state index contributed by atoms with van der Waals surface area (Å²) >= 11 is 0. The van der Waals surface area contributed by atoms with E-state index < -0.39 is 11.6 Å². The molecule has 2 aromatic rings. The maximum Gasteiger partial charge on any atom is 0.129 e. The second-order valence-corrected chi connectivity index (χ2v) is 4.88. The number of benzene rings is 1. The topological polar surface area (TPSA) is 25.2 Å². The Morgan fingerprint density at radius 2 is 1.85 bits per heavy atom. The number of likely N-dealkylation sites (N-methyl/N-ethyl adjacent to an activating group) is 1. The lowest BCUT2D eigenvalue weighted by Gasteiger charge is -2.18. The van der Waals surface area contributed by atoms with Crippen LogP contribution in [0.2, 0.25) is 0 Å². The number of halogens is 2. The zero-order valence-corrected chi connectivity index (χ0v) is 12.0. The lowest BCUT2D eigenvalue weighted by molar-refractivity contribution is 0.473. The van der Waals surface area contributed by atoms with Crippen LogP contribution in [0.1, 0.15) is 35.6 Å². The summed E-state index contributed by atoms with van der Waals surface area (Å²) in [7, 11) is 0. The summed E-state index contributed by atoms with van der Waals surface area (Å²) in [6, 6.07) is 5.71. The molecule has 0 amide bonds. The van der Waals surface area contributed by atoms with Gasteiger partial charge in [-0.2, -0.15) is 0 Å². The van der Waals surface area contributed by atoms with Crippen molar-refractivity contribution in [3.05, 3.63) is 58.5 Å². The van der Waals surface area contributed by atoms with Crippen molar-refractivity contribution < 1.29 is 13.2 Å². The van der Waals surface area contributed by atoms with Crippen LogP contribution >= 0.6 is 0 Å². The van der Waals surface area contributed by atoms with Crippen LogP contribution in [0.4, 0.5) is 8.78 Å². The van der Waals surface area contributed by atoms with E-state index in [4.69, 9.17) is 4.42 Å². The molecule has 4 heteroatoms. The van der Waals surface area contributed by atoms with Gasteiger partial charge in [0.2, 0.25) is 0 Å². The molecule has 0 fully saturated rings. The van der Waals surface area contributed by atoms with Crippen molar-refractivity contribution >= 4 is 0 Å². The van der Waals surface area contributed by atoms with Crippen LogP contribution in [0.15, 0.2) is 28.7 Å². The maximum absolute atomic E-state index is 13.8. The van der Waals surface area contributed by atoms with E-state index >= 15 is 0 Å². The van der Waals surface area contributed by atoms with E-state index in [1.54, 1.807) is 0 Å². The number of nitrogens with one attached hydrogen (secondary N) is 1. The molecule has 2 rings (SSSR count). The molecule has 0 aliphatic rings. The minimum Gasteiger partial charge on any atom is -0.466 e. The van der Waals surface area contributed by atoms with Crippen LogP contribution in [0.5, 0.6) is 0 Å². The lowest BCUT2D eigenvalue weighted by Crippen LogP contribution is -2.24. The van der Waals surface area contributed by atoms with Gasteiger partial charge in [-0.15, -0.1) is 0 Å². The first-order valence-corrected chi connectivity index (χ1v) is 6.76. The first-order valence-electron chi connectivity index (χ1n) is 6.76. The van der Waals surface area contributed by atoms with E-state index in [0.29, 0.717) is 6.54 Å². The molecular weight excluding hydrogens is 260 g/mol. The molecule has 0 saturated heterocycles. The summed E-state index contributed by atoms with van der Waals surface area (Å²) in [6.07, 6.45) is 0.256. The van der Waals surface area contributed by atoms with E-state index in [2.05, 4.69) is 5.32 Å². The number of hydrogen-bond donors (Lipinski definition) is 1. The molecule has 1 N–H and O–H groups in total. The van der Waals surface area contributed by atoms with E-state index in [0.717, 1.165) is 17.1 Å². The number of furan rings is 1. The molecule has 0 aliphatic carbocycles. The van der Waals surface area contributed by atoms with Gasteiger partial charge < -0.3 is 9.73 Å². The van der Waals surface area contributed by atoms with Crippen molar-refractivity contribution in [3.8, 4) is 0 Å². The van der Waals surface area contributed by atoms with Crippen LogP contribution in [0, 0.1) is 25.5 Å². The van der Waals surface area contributed by atoms with E-state index in [1.807, 2.05) is 26.8 Å². The number of aryl methyl sites for hydroxylation is 2. The predicted octanol–water partition coefficient (Wildman–Crippen LogP) is 4.07. The molecule has 1 aromatic heterocycles. The Morgan fingerprint density at radius 3 is 2.35 bits per heavy atom. The Morgan fingerprint density at radius 1 is 1.20 bits per heavy atom. The Labute approximate surface area is 117 Å². The van der Waals surface area contributed by atoms with Gasteiger partial charge in [0.05, 0.1) is 0 Å². The van der Waals surface area contributed by atoms with Crippen LogP contribution in [0.25, 0.3) is 0 Å². The average molecular weight is 279 g/mol. The van der Waals surface area contributed by atoms with Crippen molar-refractivity contribution in [1.82, 2.24) is 5.32 Å². The van der Waals surface area contributed by atoms with Gasteiger partial charge >= 0.3 is 0 Å². The summed E-state index contributed by atoms with van der Waals surface area (Å²) in [5, 5.41) is 3.26. The molecule has 2 nitrogen and oxygen atoms in total. The summed E-state index contributed by atoms with van der Waals surface area (Å²) in [5.74, 6) is 0.566. The SMILES string of the molecule is CCNC(Cc1c(F)cccc1F)c1cc(C)oc1C. The highest BCUT2D eigenvalue weighted by Crippen LogP contribution is 2.26. The van der Waals surface area contributed by atoms with Crippen molar-refractivity contribution in [2.75, 3.05) is 6.54 Å². The maximum atomic E-state index is 13.8. The van der Waals surface area contributed by atoms with Crippen molar-refractivity contribution in [1.29, 1.82) is 0 Å². The average Bonchev–Trinajstić information content (AvgIpc) is 2.72. The van der Waals surface area contributed by atoms with Gasteiger partial charge in [-0.1, -0.05) is 13.0 Å². The van der Waals surface area contributed by atoms with Crippen molar-refractivity contribution in [3.63, 3.8) is 0 Å². The molecule has 108 valence electrons. The monoisotopic (exact) mass is 279 g/mol. The van der Waals surface area contributed by atoms with Gasteiger partial charge in [0, 0.05) is 17.2 Å². The largest absolute Gasteiger partial charge is 0.466 e. The summed E-state index contributed by atoms with van der Waals surface area (Å²) in [6.45, 7) is 6.41. The first kappa shape index (κ1) is 14.7. The second kappa shape index (κ2) is 6.18. The smallest absolute Gasteiger partial charge is 0.129 e. The zero-order chi connectivity index (χ0) is 14.7. The molecule has 1 unspecified atom stereocenters. The fraction of sp³-hybridized carbons (Fsp3) is 0.375.